The van der Waals surface area contributed by atoms with Gasteiger partial charge in [0.05, 0.1) is 0 Å². The number of allylic oxidation sites excluding steroid dienone is 2. The van der Waals surface area contributed by atoms with Gasteiger partial charge < -0.3 is 0 Å². The van der Waals surface area contributed by atoms with E-state index in [1.165, 1.54) is 17.5 Å². The molecule has 0 saturated heterocycles. The van der Waals surface area contributed by atoms with E-state index in [0.29, 0.717) is 10.8 Å². The van der Waals surface area contributed by atoms with E-state index in [0.717, 1.165) is 0 Å². The monoisotopic (exact) mass is 282 g/mol. The van der Waals surface area contributed by atoms with Gasteiger partial charge in [0.15, 0.2) is 0 Å². The van der Waals surface area contributed by atoms with Crippen molar-refractivity contribution in [1.82, 2.24) is 0 Å². The normalized spacial score (nSPS) is 27.2. The van der Waals surface area contributed by atoms with Gasteiger partial charge in [-0.2, -0.15) is 0 Å². The highest BCUT2D eigenvalue weighted by molar-refractivity contribution is 5.61. The van der Waals surface area contributed by atoms with Gasteiger partial charge in [-0.1, -0.05) is 85.2 Å². The lowest BCUT2D eigenvalue weighted by atomic mass is 9.48. The van der Waals surface area contributed by atoms with Gasteiger partial charge in [-0.25, -0.2) is 0 Å². The zero-order valence-electron chi connectivity index (χ0n) is 15.0. The summed E-state index contributed by atoms with van der Waals surface area (Å²) in [7, 11) is 0. The summed E-state index contributed by atoms with van der Waals surface area (Å²) in [6.07, 6.45) is 1.29. The van der Waals surface area contributed by atoms with Gasteiger partial charge in [0, 0.05) is 10.8 Å². The molecule has 1 saturated carbocycles. The molecule has 0 amide bonds. The molecular formula is C21H30. The van der Waals surface area contributed by atoms with Crippen LogP contribution in [-0.2, 0) is 10.8 Å². The quantitative estimate of drug-likeness (QED) is 0.511. The predicted molar refractivity (Wildman–Crippen MR) is 91.7 cm³/mol. The standard InChI is InChI=1S/C21H30/c1-18(2)13-19(3,4)16(18)17-20(5,6)14-11-9-10-12-15(14)21(17,7)8/h9-12H,13H2,1-8H3. The first kappa shape index (κ1) is 14.9. The lowest BCUT2D eigenvalue weighted by molar-refractivity contribution is 0.120. The van der Waals surface area contributed by atoms with Gasteiger partial charge >= 0.3 is 0 Å². The molecule has 0 N–H and O–H groups in total. The van der Waals surface area contributed by atoms with Crippen molar-refractivity contribution >= 4 is 0 Å². The van der Waals surface area contributed by atoms with Crippen LogP contribution in [-0.4, -0.2) is 0 Å². The summed E-state index contributed by atoms with van der Waals surface area (Å²) in [5.41, 5.74) is 7.41. The molecule has 1 aromatic rings. The maximum Gasteiger partial charge on any atom is 0.0120 e. The minimum atomic E-state index is 0.143. The third kappa shape index (κ3) is 1.74. The van der Waals surface area contributed by atoms with Crippen LogP contribution in [0.4, 0.5) is 0 Å². The second kappa shape index (κ2) is 3.83. The molecule has 0 unspecified atom stereocenters. The Hall–Kier alpha value is -1.04. The van der Waals surface area contributed by atoms with E-state index in [1.807, 2.05) is 0 Å². The van der Waals surface area contributed by atoms with Gasteiger partial charge in [-0.15, -0.1) is 0 Å². The molecule has 3 rings (SSSR count). The molecular weight excluding hydrogens is 252 g/mol. The average Bonchev–Trinajstić information content (AvgIpc) is 2.47. The molecule has 0 aromatic heterocycles. The Labute approximate surface area is 130 Å². The first-order valence-corrected chi connectivity index (χ1v) is 8.28. The fraction of sp³-hybridized carbons (Fsp3) is 0.619. The fourth-order valence-electron chi connectivity index (χ4n) is 6.02. The summed E-state index contributed by atoms with van der Waals surface area (Å²) in [5.74, 6) is 0. The summed E-state index contributed by atoms with van der Waals surface area (Å²) in [4.78, 5) is 0. The van der Waals surface area contributed by atoms with Crippen LogP contribution >= 0.6 is 0 Å². The van der Waals surface area contributed by atoms with Crippen molar-refractivity contribution in [1.29, 1.82) is 0 Å². The van der Waals surface area contributed by atoms with Crippen LogP contribution in [0.5, 0.6) is 0 Å². The smallest absolute Gasteiger partial charge is 0.0120 e. The summed E-state index contributed by atoms with van der Waals surface area (Å²) in [5, 5.41) is 0. The van der Waals surface area contributed by atoms with E-state index in [-0.39, 0.29) is 10.8 Å². The molecule has 0 nitrogen and oxygen atoms in total. The fourth-order valence-corrected chi connectivity index (χ4v) is 6.02. The third-order valence-corrected chi connectivity index (χ3v) is 6.01. The molecule has 1 fully saturated rings. The molecule has 0 heterocycles. The van der Waals surface area contributed by atoms with E-state index >= 15 is 0 Å². The first-order valence-electron chi connectivity index (χ1n) is 8.28. The molecule has 2 aliphatic rings. The van der Waals surface area contributed by atoms with Crippen molar-refractivity contribution in [2.45, 2.75) is 72.6 Å². The second-order valence-electron chi connectivity index (χ2n) is 9.49. The topological polar surface area (TPSA) is 0 Å². The Morgan fingerprint density at radius 3 is 1.33 bits per heavy atom. The Morgan fingerprint density at radius 1 is 0.619 bits per heavy atom. The molecule has 0 radical (unpaired) electrons. The van der Waals surface area contributed by atoms with Gasteiger partial charge in [0.25, 0.3) is 0 Å². The van der Waals surface area contributed by atoms with Crippen LogP contribution < -0.4 is 0 Å². The summed E-state index contributed by atoms with van der Waals surface area (Å²) >= 11 is 0. The maximum atomic E-state index is 2.43. The summed E-state index contributed by atoms with van der Waals surface area (Å²) in [6.45, 7) is 19.4. The lowest BCUT2D eigenvalue weighted by Gasteiger charge is -2.56. The molecule has 114 valence electrons. The van der Waals surface area contributed by atoms with Gasteiger partial charge in [-0.3, -0.25) is 0 Å². The van der Waals surface area contributed by atoms with Crippen molar-refractivity contribution in [3.05, 3.63) is 46.5 Å². The number of hydrogen-bond donors (Lipinski definition) is 0. The summed E-state index contributed by atoms with van der Waals surface area (Å²) < 4.78 is 0. The zero-order valence-corrected chi connectivity index (χ0v) is 15.0. The number of hydrogen-bond acceptors (Lipinski definition) is 0. The number of fused-ring (bicyclic) bond motifs is 1. The van der Waals surface area contributed by atoms with Crippen molar-refractivity contribution in [2.24, 2.45) is 10.8 Å². The largest absolute Gasteiger partial charge is 0.0619 e. The van der Waals surface area contributed by atoms with Crippen LogP contribution in [0, 0.1) is 10.8 Å². The van der Waals surface area contributed by atoms with E-state index in [9.17, 15) is 0 Å². The van der Waals surface area contributed by atoms with Crippen molar-refractivity contribution in [2.75, 3.05) is 0 Å². The molecule has 1 aromatic carbocycles. The van der Waals surface area contributed by atoms with E-state index in [2.05, 4.69) is 79.7 Å². The number of benzene rings is 1. The van der Waals surface area contributed by atoms with Crippen molar-refractivity contribution in [3.8, 4) is 0 Å². The molecule has 0 heteroatoms. The van der Waals surface area contributed by atoms with Crippen molar-refractivity contribution in [3.63, 3.8) is 0 Å². The number of rotatable bonds is 0. The van der Waals surface area contributed by atoms with Crippen molar-refractivity contribution < 1.29 is 0 Å². The minimum absolute atomic E-state index is 0.143. The van der Waals surface area contributed by atoms with Gasteiger partial charge in [-0.05, 0) is 34.0 Å². The second-order valence-corrected chi connectivity index (χ2v) is 9.49. The Bertz CT molecular complexity index is 583. The molecule has 0 bridgehead atoms. The van der Waals surface area contributed by atoms with Crippen LogP contribution in [0.25, 0.3) is 0 Å². The van der Waals surface area contributed by atoms with Crippen LogP contribution in [0.3, 0.4) is 0 Å². The van der Waals surface area contributed by atoms with Crippen LogP contribution in [0.1, 0.15) is 72.9 Å². The Balaban J connectivity index is 2.36. The molecule has 21 heavy (non-hydrogen) atoms. The zero-order chi connectivity index (χ0) is 15.8. The minimum Gasteiger partial charge on any atom is -0.0619 e. The Morgan fingerprint density at radius 2 is 1.00 bits per heavy atom. The Kier molecular flexibility index (Phi) is 2.71. The lowest BCUT2D eigenvalue weighted by Crippen LogP contribution is -2.46. The molecule has 2 aliphatic carbocycles. The van der Waals surface area contributed by atoms with Crippen LogP contribution in [0.15, 0.2) is 35.4 Å². The van der Waals surface area contributed by atoms with E-state index < -0.39 is 0 Å². The molecule has 0 aliphatic heterocycles. The average molecular weight is 282 g/mol. The van der Waals surface area contributed by atoms with Gasteiger partial charge in [0.2, 0.25) is 0 Å². The SMILES string of the molecule is CC1(C)CC(C)(C)C1=C1C(C)(C)c2ccccc2C1(C)C. The maximum absolute atomic E-state index is 2.43. The van der Waals surface area contributed by atoms with Gasteiger partial charge in [0.1, 0.15) is 0 Å². The molecule has 0 spiro atoms. The highest BCUT2D eigenvalue weighted by Gasteiger charge is 2.56. The first-order chi connectivity index (χ1) is 9.42. The van der Waals surface area contributed by atoms with E-state index in [4.69, 9.17) is 0 Å². The van der Waals surface area contributed by atoms with E-state index in [1.54, 1.807) is 11.1 Å². The molecule has 0 atom stereocenters. The summed E-state index contributed by atoms with van der Waals surface area (Å²) in [6, 6.07) is 9.06. The predicted octanol–water partition coefficient (Wildman–Crippen LogP) is 6.01. The highest BCUT2D eigenvalue weighted by Crippen LogP contribution is 2.66. The van der Waals surface area contributed by atoms with Crippen LogP contribution in [0.2, 0.25) is 0 Å². The third-order valence-electron chi connectivity index (χ3n) is 6.01. The highest BCUT2D eigenvalue weighted by atomic mass is 14.6.